The molecule has 0 bridgehead atoms. The van der Waals surface area contributed by atoms with Crippen molar-refractivity contribution >= 4 is 18.7 Å². The Labute approximate surface area is 144 Å². The van der Waals surface area contributed by atoms with E-state index in [0.29, 0.717) is 5.92 Å². The first-order chi connectivity index (χ1) is 10.9. The summed E-state index contributed by atoms with van der Waals surface area (Å²) in [6.45, 7) is 2.94. The molecule has 0 aromatic heterocycles. The summed E-state index contributed by atoms with van der Waals surface area (Å²) in [6, 6.07) is 21.5. The van der Waals surface area contributed by atoms with Crippen LogP contribution < -0.4 is 5.43 Å². The average Bonchev–Trinajstić information content (AvgIpc) is 2.61. The molecule has 1 aliphatic rings. The van der Waals surface area contributed by atoms with Crippen molar-refractivity contribution in [3.8, 4) is 0 Å². The minimum absolute atomic E-state index is 0. The van der Waals surface area contributed by atoms with Crippen molar-refractivity contribution in [1.29, 1.82) is 0 Å². The number of rotatable bonds is 6. The molecule has 0 unspecified atom stereocenters. The molecule has 0 saturated carbocycles. The fraction of sp³-hybridized carbons (Fsp3) is 0.316. The summed E-state index contributed by atoms with van der Waals surface area (Å²) >= 11 is 0. The molecule has 0 atom stereocenters. The maximum atomic E-state index is 4.31. The third-order valence-electron chi connectivity index (χ3n) is 4.06. The van der Waals surface area contributed by atoms with Crippen molar-refractivity contribution in [1.82, 2.24) is 10.4 Å². The largest absolute Gasteiger partial charge is 0.299 e. The number of nitrogens with zero attached hydrogens (tertiary/aromatic N) is 2. The van der Waals surface area contributed by atoms with Crippen LogP contribution >= 0.6 is 12.4 Å². The van der Waals surface area contributed by atoms with Gasteiger partial charge in [0.1, 0.15) is 0 Å². The summed E-state index contributed by atoms with van der Waals surface area (Å²) in [5.74, 6) is 0.427. The SMILES string of the molecule is C1=NCCCN1NCCC(c1ccccc1)c1ccccc1.Cl. The van der Waals surface area contributed by atoms with Crippen LogP contribution in [0.3, 0.4) is 0 Å². The van der Waals surface area contributed by atoms with Gasteiger partial charge in [-0.1, -0.05) is 60.7 Å². The summed E-state index contributed by atoms with van der Waals surface area (Å²) in [7, 11) is 0. The van der Waals surface area contributed by atoms with E-state index in [9.17, 15) is 0 Å². The second-order valence-electron chi connectivity index (χ2n) is 5.64. The molecule has 0 radical (unpaired) electrons. The highest BCUT2D eigenvalue weighted by Gasteiger charge is 2.14. The second-order valence-corrected chi connectivity index (χ2v) is 5.64. The highest BCUT2D eigenvalue weighted by atomic mass is 35.5. The predicted molar refractivity (Wildman–Crippen MR) is 99.3 cm³/mol. The fourth-order valence-corrected chi connectivity index (χ4v) is 2.92. The van der Waals surface area contributed by atoms with Crippen LogP contribution in [0, 0.1) is 0 Å². The van der Waals surface area contributed by atoms with Crippen molar-refractivity contribution in [3.05, 3.63) is 71.8 Å². The van der Waals surface area contributed by atoms with Gasteiger partial charge in [-0.2, -0.15) is 0 Å². The van der Waals surface area contributed by atoms with Crippen LogP contribution in [0.4, 0.5) is 0 Å². The summed E-state index contributed by atoms with van der Waals surface area (Å²) in [5, 5.41) is 2.11. The van der Waals surface area contributed by atoms with Gasteiger partial charge in [0.05, 0.1) is 6.34 Å². The van der Waals surface area contributed by atoms with Gasteiger partial charge in [-0.05, 0) is 24.0 Å². The number of hydrazine groups is 1. The van der Waals surface area contributed by atoms with Crippen molar-refractivity contribution in [2.45, 2.75) is 18.8 Å². The van der Waals surface area contributed by atoms with E-state index >= 15 is 0 Å². The van der Waals surface area contributed by atoms with Crippen LogP contribution in [0.25, 0.3) is 0 Å². The molecule has 0 saturated heterocycles. The molecule has 23 heavy (non-hydrogen) atoms. The van der Waals surface area contributed by atoms with Crippen molar-refractivity contribution < 1.29 is 0 Å². The number of halogens is 1. The molecular weight excluding hydrogens is 306 g/mol. The number of benzene rings is 2. The van der Waals surface area contributed by atoms with Crippen LogP contribution in [0.5, 0.6) is 0 Å². The van der Waals surface area contributed by atoms with E-state index in [2.05, 4.69) is 76.1 Å². The monoisotopic (exact) mass is 329 g/mol. The summed E-state index contributed by atoms with van der Waals surface area (Å²) < 4.78 is 0. The minimum atomic E-state index is 0. The lowest BCUT2D eigenvalue weighted by molar-refractivity contribution is 0.298. The maximum absolute atomic E-state index is 4.31. The summed E-state index contributed by atoms with van der Waals surface area (Å²) in [6.07, 6.45) is 4.12. The predicted octanol–water partition coefficient (Wildman–Crippen LogP) is 3.87. The van der Waals surface area contributed by atoms with E-state index in [4.69, 9.17) is 0 Å². The topological polar surface area (TPSA) is 27.6 Å². The second kappa shape index (κ2) is 9.33. The Morgan fingerprint density at radius 2 is 1.57 bits per heavy atom. The first-order valence-electron chi connectivity index (χ1n) is 8.03. The average molecular weight is 330 g/mol. The molecule has 2 aromatic rings. The van der Waals surface area contributed by atoms with Crippen molar-refractivity contribution in [2.24, 2.45) is 4.99 Å². The van der Waals surface area contributed by atoms with Crippen LogP contribution in [0.1, 0.15) is 29.9 Å². The summed E-state index contributed by atoms with van der Waals surface area (Å²) in [5.41, 5.74) is 6.23. The Balaban J connectivity index is 0.00000192. The number of hydrogen-bond acceptors (Lipinski definition) is 3. The Kier molecular flexibility index (Phi) is 7.11. The van der Waals surface area contributed by atoms with Gasteiger partial charge in [0.25, 0.3) is 0 Å². The molecule has 1 heterocycles. The molecule has 1 N–H and O–H groups in total. The smallest absolute Gasteiger partial charge is 0.0992 e. The quantitative estimate of drug-likeness (QED) is 0.871. The van der Waals surface area contributed by atoms with Crippen molar-refractivity contribution in [2.75, 3.05) is 19.6 Å². The minimum Gasteiger partial charge on any atom is -0.299 e. The molecule has 2 aromatic carbocycles. The van der Waals surface area contributed by atoms with E-state index in [-0.39, 0.29) is 12.4 Å². The van der Waals surface area contributed by atoms with Crippen LogP contribution in [0.2, 0.25) is 0 Å². The van der Waals surface area contributed by atoms with E-state index in [1.807, 2.05) is 6.34 Å². The van der Waals surface area contributed by atoms with Gasteiger partial charge in [0.15, 0.2) is 0 Å². The first-order valence-corrected chi connectivity index (χ1v) is 8.03. The molecule has 0 amide bonds. The van der Waals surface area contributed by atoms with Gasteiger partial charge in [-0.3, -0.25) is 10.0 Å². The third-order valence-corrected chi connectivity index (χ3v) is 4.06. The van der Waals surface area contributed by atoms with Gasteiger partial charge in [-0.15, -0.1) is 12.4 Å². The third kappa shape index (κ3) is 5.08. The number of hydrogen-bond donors (Lipinski definition) is 1. The molecule has 4 heteroatoms. The van der Waals surface area contributed by atoms with Gasteiger partial charge < -0.3 is 0 Å². The van der Waals surface area contributed by atoms with Gasteiger partial charge in [0, 0.05) is 25.6 Å². The zero-order chi connectivity index (χ0) is 15.0. The number of aliphatic imine (C=N–C) groups is 1. The molecule has 3 nitrogen and oxygen atoms in total. The zero-order valence-electron chi connectivity index (χ0n) is 13.3. The fourth-order valence-electron chi connectivity index (χ4n) is 2.92. The standard InChI is InChI=1S/C19H23N3.ClH/c1-3-8-17(9-4-1)19(18-10-5-2-6-11-18)12-14-21-22-15-7-13-20-16-22;/h1-6,8-11,16,19,21H,7,12-15H2;1H. The molecule has 3 rings (SSSR count). The summed E-state index contributed by atoms with van der Waals surface area (Å²) in [4.78, 5) is 4.31. The van der Waals surface area contributed by atoms with Gasteiger partial charge in [0.2, 0.25) is 0 Å². The highest BCUT2D eigenvalue weighted by Crippen LogP contribution is 2.27. The normalized spacial score (nSPS) is 13.9. The zero-order valence-corrected chi connectivity index (χ0v) is 14.1. The Hall–Kier alpha value is -1.84. The Morgan fingerprint density at radius 1 is 0.957 bits per heavy atom. The van der Waals surface area contributed by atoms with Gasteiger partial charge >= 0.3 is 0 Å². The Morgan fingerprint density at radius 3 is 2.09 bits per heavy atom. The molecular formula is C19H24ClN3. The Bertz CT molecular complexity index is 547. The highest BCUT2D eigenvalue weighted by molar-refractivity contribution is 5.85. The maximum Gasteiger partial charge on any atom is 0.0992 e. The van der Waals surface area contributed by atoms with E-state index in [1.54, 1.807) is 0 Å². The van der Waals surface area contributed by atoms with Gasteiger partial charge in [-0.25, -0.2) is 5.43 Å². The lowest BCUT2D eigenvalue weighted by atomic mass is 9.89. The van der Waals surface area contributed by atoms with E-state index in [0.717, 1.165) is 32.5 Å². The molecule has 0 aliphatic carbocycles. The molecule has 1 aliphatic heterocycles. The molecule has 0 fully saturated rings. The molecule has 122 valence electrons. The van der Waals surface area contributed by atoms with Crippen molar-refractivity contribution in [3.63, 3.8) is 0 Å². The first kappa shape index (κ1) is 17.5. The lowest BCUT2D eigenvalue weighted by Gasteiger charge is -2.25. The van der Waals surface area contributed by atoms with E-state index < -0.39 is 0 Å². The van der Waals surface area contributed by atoms with Crippen LogP contribution in [0.15, 0.2) is 65.7 Å². The molecule has 0 spiro atoms. The van der Waals surface area contributed by atoms with E-state index in [1.165, 1.54) is 11.1 Å². The van der Waals surface area contributed by atoms with Crippen LogP contribution in [-0.2, 0) is 0 Å². The lowest BCUT2D eigenvalue weighted by Crippen LogP contribution is -2.40. The number of nitrogens with one attached hydrogen (secondary N) is 1. The van der Waals surface area contributed by atoms with Crippen LogP contribution in [-0.4, -0.2) is 31.0 Å².